The van der Waals surface area contributed by atoms with E-state index in [1.54, 1.807) is 13.8 Å². The fourth-order valence-electron chi connectivity index (χ4n) is 12.6. The third-order valence-corrected chi connectivity index (χ3v) is 64.1. The Morgan fingerprint density at radius 2 is 0.464 bits per heavy atom. The van der Waals surface area contributed by atoms with Crippen LogP contribution in [0.25, 0.3) is 0 Å². The molecule has 0 aromatic heterocycles. The summed E-state index contributed by atoms with van der Waals surface area (Å²) in [5.74, 6) is -0.820. The van der Waals surface area contributed by atoms with Crippen molar-refractivity contribution in [2.75, 3.05) is 89.9 Å². The molecule has 6 aliphatic rings. The van der Waals surface area contributed by atoms with Gasteiger partial charge in [-0.25, -0.2) is 9.59 Å². The van der Waals surface area contributed by atoms with Gasteiger partial charge in [0.25, 0.3) is 0 Å². The Labute approximate surface area is 953 Å². The van der Waals surface area contributed by atoms with E-state index in [-0.39, 0.29) is 250 Å². The van der Waals surface area contributed by atoms with Crippen molar-refractivity contribution >= 4 is 207 Å². The van der Waals surface area contributed by atoms with Crippen LogP contribution in [0, 0.1) is 0 Å². The highest BCUT2D eigenvalue weighted by Crippen LogP contribution is 2.31. The van der Waals surface area contributed by atoms with Crippen molar-refractivity contribution in [2.45, 2.75) is 577 Å². The molecule has 890 valence electrons. The predicted molar refractivity (Wildman–Crippen MR) is 731 cm³/mol. The molecule has 0 spiro atoms. The van der Waals surface area contributed by atoms with Gasteiger partial charge in [-0.2, -0.15) is 0 Å². The van der Waals surface area contributed by atoms with Crippen LogP contribution < -0.4 is 5.73 Å². The molecule has 14 nitrogen and oxygen atoms in total. The summed E-state index contributed by atoms with van der Waals surface area (Å²) in [6.45, 7) is 63.6. The standard InChI is InChI=1S/C14H26O5Si2.C9H22Br2OSi2.C9H24BrNOSi2.3C8H17BrOSi.3C6H14OSi.32CH4/c1-11(2)13(15)17-9-20(5,6)19-21(7,8)10-18-14(16)12(3)4;2*1-13(2,8-6-5-7-10)12-14(3,4)9-11;3*1-11(8-4-5-9)7-3-2-6-10-11;3*1-8(2)6-4-3-5-7-8;;;;;;;;;;;;;;;;;;;;;;;;;;;;;;;;/h1,3,9-10H2,2,4-8H3;5-9H2,1-4H3;5-9,11H2,1-4H3;3*2-8H2,1H3;3*3-6H2,1-2H3;32*1H4. The molecular weight excluding hydrogens is 2310 g/mol. The Hall–Kier alpha value is 3.50. The van der Waals surface area contributed by atoms with E-state index in [0.29, 0.717) is 11.1 Å². The summed E-state index contributed by atoms with van der Waals surface area (Å²) in [5.41, 5.74) is 6.45. The normalized spacial score (nSPS) is 17.0. The summed E-state index contributed by atoms with van der Waals surface area (Å²) < 4.78 is 63.6. The molecule has 0 saturated carbocycles. The van der Waals surface area contributed by atoms with E-state index in [1.807, 2.05) is 26.2 Å². The van der Waals surface area contributed by atoms with E-state index in [4.69, 9.17) is 54.1 Å². The number of hydrogen-bond acceptors (Lipinski definition) is 14. The molecule has 0 aromatic rings. The summed E-state index contributed by atoms with van der Waals surface area (Å²) in [7, 11) is -17.0. The van der Waals surface area contributed by atoms with Crippen LogP contribution in [0.15, 0.2) is 24.3 Å². The van der Waals surface area contributed by atoms with Gasteiger partial charge < -0.3 is 54.1 Å². The zero-order valence-corrected chi connectivity index (χ0v) is 93.9. The lowest BCUT2D eigenvalue weighted by molar-refractivity contribution is -0.137. The van der Waals surface area contributed by atoms with E-state index in [1.165, 1.54) is 188 Å². The number of nitrogens with two attached hydrogens (primary N) is 1. The minimum atomic E-state index is -2.18. The van der Waals surface area contributed by atoms with Crippen molar-refractivity contribution in [3.63, 3.8) is 0 Å². The highest BCUT2D eigenvalue weighted by Gasteiger charge is 2.38. The van der Waals surface area contributed by atoms with Gasteiger partial charge in [-0.05, 0) is 288 Å². The van der Waals surface area contributed by atoms with Crippen molar-refractivity contribution in [1.82, 2.24) is 0 Å². The first-order valence-corrected chi connectivity index (χ1v) is 83.8. The summed E-state index contributed by atoms with van der Waals surface area (Å²) in [4.78, 5) is 23.9. The summed E-state index contributed by atoms with van der Waals surface area (Å²) >= 11 is 20.9. The average molecular weight is 2610 g/mol. The Balaban J connectivity index is -0.0000000258. The monoisotopic (exact) mass is 2600 g/mol. The van der Waals surface area contributed by atoms with Gasteiger partial charge in [-0.15, -0.1) is 0 Å². The van der Waals surface area contributed by atoms with Crippen LogP contribution in [0.4, 0.5) is 0 Å². The van der Waals surface area contributed by atoms with Crippen molar-refractivity contribution in [1.29, 1.82) is 0 Å². The Morgan fingerprint density at radius 1 is 0.275 bits per heavy atom. The first-order chi connectivity index (χ1) is 48.9. The lowest BCUT2D eigenvalue weighted by Gasteiger charge is -2.33. The number of alkyl halides is 6. The number of carbonyl (C=O) groups excluding carboxylic acids is 2. The van der Waals surface area contributed by atoms with Gasteiger partial charge in [0.1, 0.15) is 12.5 Å². The van der Waals surface area contributed by atoms with Gasteiger partial charge in [0.15, 0.2) is 83.2 Å². The van der Waals surface area contributed by atoms with E-state index < -0.39 is 112 Å². The second-order valence-electron chi connectivity index (χ2n) is 36.0. The zero-order valence-electron chi connectivity index (χ0n) is 72.4. The maximum Gasteiger partial charge on any atom is 0.332 e. The average Bonchev–Trinajstić information content (AvgIpc) is 0.858. The van der Waals surface area contributed by atoms with Crippen LogP contribution in [0.3, 0.4) is 0 Å². The maximum absolute atomic E-state index is 11.4. The lowest BCUT2D eigenvalue weighted by atomic mass is 10.4. The SMILES string of the molecule is C.C.C.C.C.C.C.C.C.C.C.C.C.C.C.C.C.C.C.C.C.C.C.C.C.C.C.C.C.C.C.C.C=C(C)C(=O)OC[Si](C)(C)O[Si](C)(C)COC(=O)C(=C)C.C[Si](C)(CBr)O[Si](C)(C)CCCCBr.C[Si](C)(CN)O[Si](C)(C)CCCCBr.C[Si]1(C)CCCCO1.C[Si]1(C)CCCCO1.C[Si]1(C)CCCCO1.C[Si]1(CCCBr)CCCCO1.C[Si]1(CCCBr)CCCCO1.C[Si]1(CCCBr)CCCCO1. The smallest absolute Gasteiger partial charge is 0.332 e. The number of ether oxygens (including phenoxy) is 2. The number of halogens is 6. The molecule has 2 N–H and O–H groups in total. The van der Waals surface area contributed by atoms with Crippen molar-refractivity contribution in [3.05, 3.63) is 24.3 Å². The number of hydrogen-bond donors (Lipinski definition) is 1. The van der Waals surface area contributed by atoms with Crippen LogP contribution in [-0.2, 0) is 58.0 Å². The maximum atomic E-state index is 11.4. The molecule has 0 bridgehead atoms. The molecule has 0 aliphatic carbocycles. The van der Waals surface area contributed by atoms with E-state index in [0.717, 1.165) is 77.4 Å². The molecule has 0 amide bonds. The zero-order chi connectivity index (χ0) is 81.9. The molecule has 6 heterocycles. The molecule has 6 aliphatic heterocycles. The van der Waals surface area contributed by atoms with Gasteiger partial charge in [0.2, 0.25) is 16.6 Å². The first kappa shape index (κ1) is 246. The fraction of sp³-hybridized carbons (Fsp3) is 0.943. The Kier molecular flexibility index (Phi) is 237. The molecule has 32 heteroatoms. The van der Waals surface area contributed by atoms with Gasteiger partial charge in [0.05, 0.1) is 0 Å². The van der Waals surface area contributed by atoms with Crippen LogP contribution in [0.1, 0.15) is 373 Å². The van der Waals surface area contributed by atoms with E-state index in [9.17, 15) is 9.59 Å². The Bertz CT molecular complexity index is 2070. The second kappa shape index (κ2) is 133. The predicted octanol–water partition coefficient (Wildman–Crippen LogP) is 46.2. The second-order valence-corrected chi connectivity index (χ2v) is 93.0. The number of unbranched alkanes of at least 4 members (excludes halogenated alkanes) is 2. The van der Waals surface area contributed by atoms with Crippen LogP contribution >= 0.6 is 95.6 Å². The molecule has 3 atom stereocenters. The van der Waals surface area contributed by atoms with Gasteiger partial charge in [-0.3, -0.25) is 0 Å². The van der Waals surface area contributed by atoms with Gasteiger partial charge >= 0.3 is 11.9 Å². The highest BCUT2D eigenvalue weighted by molar-refractivity contribution is 9.10. The summed E-state index contributed by atoms with van der Waals surface area (Å²) in [5, 5.41) is 5.64. The largest absolute Gasteiger partial charge is 0.463 e. The Morgan fingerprint density at radius 3 is 0.609 bits per heavy atom. The lowest BCUT2D eigenvalue weighted by Crippen LogP contribution is -2.51. The molecule has 138 heavy (non-hydrogen) atoms. The van der Waals surface area contributed by atoms with Crippen molar-refractivity contribution in [3.8, 4) is 0 Å². The third kappa shape index (κ3) is 148. The number of rotatable bonds is 31. The van der Waals surface area contributed by atoms with Gasteiger partial charge in [0, 0.05) is 88.6 Å². The van der Waals surface area contributed by atoms with Crippen molar-refractivity contribution in [2.24, 2.45) is 5.73 Å². The third-order valence-electron chi connectivity index (χ3n) is 18.8. The molecule has 0 radical (unpaired) electrons. The fourth-order valence-corrected chi connectivity index (χ4v) is 54.9. The highest BCUT2D eigenvalue weighted by atomic mass is 79.9. The van der Waals surface area contributed by atoms with Crippen LogP contribution in [-0.4, -0.2) is 202 Å². The van der Waals surface area contributed by atoms with E-state index in [2.05, 4.69) is 220 Å². The quantitative estimate of drug-likeness (QED) is 0.0229. The van der Waals surface area contributed by atoms with Crippen molar-refractivity contribution < 1.29 is 58.0 Å². The summed E-state index contributed by atoms with van der Waals surface area (Å²) in [6, 6.07) is 14.9. The molecule has 0 aromatic carbocycles. The minimum absolute atomic E-state index is 0. The molecule has 6 rings (SSSR count). The van der Waals surface area contributed by atoms with E-state index >= 15 is 0 Å². The topological polar surface area (TPSA) is 162 Å². The van der Waals surface area contributed by atoms with Crippen LogP contribution in [0.5, 0.6) is 0 Å². The van der Waals surface area contributed by atoms with Crippen LogP contribution in [0.2, 0.25) is 204 Å². The van der Waals surface area contributed by atoms with Gasteiger partial charge in [-0.1, -0.05) is 398 Å². The molecule has 3 unspecified atom stereocenters. The summed E-state index contributed by atoms with van der Waals surface area (Å²) in [6.07, 6.45) is 26.4. The number of carbonyl (C=O) groups is 2. The molecule has 6 fully saturated rings. The first-order valence-electron chi connectivity index (χ1n) is 40.6. The molecule has 6 saturated heterocycles. The number of esters is 2. The molecular formula is C106H293Br6NO13Si12. The minimum Gasteiger partial charge on any atom is -0.463 e.